The third kappa shape index (κ3) is 9.18. The second-order valence-corrected chi connectivity index (χ2v) is 9.50. The smallest absolute Gasteiger partial charge is 0.303 e. The maximum Gasteiger partial charge on any atom is 0.303 e. The number of likely N-dealkylation sites (tertiary alicyclic amines) is 2. The van der Waals surface area contributed by atoms with Crippen molar-refractivity contribution in [3.63, 3.8) is 0 Å². The van der Waals surface area contributed by atoms with Crippen LogP contribution in [-0.2, 0) is 9.59 Å². The summed E-state index contributed by atoms with van der Waals surface area (Å²) < 4.78 is 25.4. The molecule has 3 atom stereocenters. The van der Waals surface area contributed by atoms with Crippen molar-refractivity contribution in [3.05, 3.63) is 48.8 Å². The third-order valence-electron chi connectivity index (χ3n) is 6.62. The summed E-state index contributed by atoms with van der Waals surface area (Å²) in [4.78, 5) is 27.0. The largest absolute Gasteiger partial charge is 0.509 e. The number of allylic oxidation sites excluding steroid dienone is 2. The van der Waals surface area contributed by atoms with E-state index in [4.69, 9.17) is 19.7 Å². The Hall–Kier alpha value is -3.07. The standard InChI is InChI=1S/C27H37FN2O6/c1-20(31)4-2-3-5-23(28)12-14-35-24-6-8-25(9-7-24)36-15-13-29-16-21-18-30(19-22(21)17-29)26(32)10-11-27(33)34/h2,4,6-9,21-23,31H,1,3,5,10-19H2,(H,33,34)/b4-2-. The van der Waals surface area contributed by atoms with Crippen LogP contribution in [0.5, 0.6) is 11.5 Å². The minimum absolute atomic E-state index is 0.0300. The molecule has 0 aliphatic carbocycles. The van der Waals surface area contributed by atoms with E-state index in [0.29, 0.717) is 56.5 Å². The zero-order valence-electron chi connectivity index (χ0n) is 20.7. The van der Waals surface area contributed by atoms with Gasteiger partial charge in [0.2, 0.25) is 5.91 Å². The Morgan fingerprint density at radius 1 is 1.00 bits per heavy atom. The Bertz CT molecular complexity index is 892. The maximum absolute atomic E-state index is 13.9. The molecule has 0 radical (unpaired) electrons. The molecule has 9 heteroatoms. The Kier molecular flexibility index (Phi) is 10.6. The fourth-order valence-electron chi connectivity index (χ4n) is 4.72. The molecule has 0 spiro atoms. The van der Waals surface area contributed by atoms with E-state index in [-0.39, 0.29) is 31.1 Å². The summed E-state index contributed by atoms with van der Waals surface area (Å²) >= 11 is 0. The molecule has 8 nitrogen and oxygen atoms in total. The number of fused-ring (bicyclic) bond motifs is 1. The highest BCUT2D eigenvalue weighted by atomic mass is 19.1. The fourth-order valence-corrected chi connectivity index (χ4v) is 4.72. The Labute approximate surface area is 212 Å². The van der Waals surface area contributed by atoms with Crippen LogP contribution in [0.15, 0.2) is 48.8 Å². The molecule has 0 aromatic heterocycles. The van der Waals surface area contributed by atoms with Crippen molar-refractivity contribution in [2.75, 3.05) is 45.9 Å². The molecular weight excluding hydrogens is 467 g/mol. The van der Waals surface area contributed by atoms with Gasteiger partial charge in [-0.05, 0) is 55.0 Å². The molecule has 3 rings (SSSR count). The number of rotatable bonds is 15. The number of hydrogen-bond donors (Lipinski definition) is 2. The van der Waals surface area contributed by atoms with Crippen LogP contribution >= 0.6 is 0 Å². The number of amides is 1. The summed E-state index contributed by atoms with van der Waals surface area (Å²) in [7, 11) is 0. The predicted octanol–water partition coefficient (Wildman–Crippen LogP) is 3.84. The highest BCUT2D eigenvalue weighted by Crippen LogP contribution is 2.31. The molecule has 2 heterocycles. The second-order valence-electron chi connectivity index (χ2n) is 9.50. The monoisotopic (exact) mass is 504 g/mol. The minimum atomic E-state index is -0.963. The first-order chi connectivity index (χ1) is 17.3. The lowest BCUT2D eigenvalue weighted by Crippen LogP contribution is -2.34. The van der Waals surface area contributed by atoms with Gasteiger partial charge < -0.3 is 24.6 Å². The zero-order chi connectivity index (χ0) is 25.9. The second kappa shape index (κ2) is 13.9. The molecule has 2 N–H and O–H groups in total. The van der Waals surface area contributed by atoms with Crippen LogP contribution < -0.4 is 9.47 Å². The van der Waals surface area contributed by atoms with Gasteiger partial charge in [0.1, 0.15) is 30.0 Å². The van der Waals surface area contributed by atoms with Crippen LogP contribution in [-0.4, -0.2) is 84.0 Å². The molecule has 1 amide bonds. The third-order valence-corrected chi connectivity index (χ3v) is 6.62. The van der Waals surface area contributed by atoms with Gasteiger partial charge in [0.05, 0.1) is 13.0 Å². The van der Waals surface area contributed by atoms with Gasteiger partial charge in [-0.25, -0.2) is 4.39 Å². The van der Waals surface area contributed by atoms with Gasteiger partial charge in [0.15, 0.2) is 0 Å². The van der Waals surface area contributed by atoms with Crippen molar-refractivity contribution >= 4 is 11.9 Å². The van der Waals surface area contributed by atoms with Crippen LogP contribution in [0, 0.1) is 11.8 Å². The summed E-state index contributed by atoms with van der Waals surface area (Å²) in [5, 5.41) is 17.7. The lowest BCUT2D eigenvalue weighted by Gasteiger charge is -2.21. The first-order valence-corrected chi connectivity index (χ1v) is 12.6. The summed E-state index contributed by atoms with van der Waals surface area (Å²) in [6.07, 6.45) is 3.39. The number of carboxylic acids is 1. The predicted molar refractivity (Wildman–Crippen MR) is 134 cm³/mol. The van der Waals surface area contributed by atoms with Gasteiger partial charge in [-0.1, -0.05) is 12.7 Å². The number of alkyl halides is 1. The van der Waals surface area contributed by atoms with E-state index in [1.54, 1.807) is 6.08 Å². The Balaban J connectivity index is 1.27. The van der Waals surface area contributed by atoms with E-state index in [1.807, 2.05) is 29.2 Å². The lowest BCUT2D eigenvalue weighted by molar-refractivity contribution is -0.140. The molecule has 2 aliphatic heterocycles. The van der Waals surface area contributed by atoms with Gasteiger partial charge >= 0.3 is 5.97 Å². The van der Waals surface area contributed by atoms with Crippen LogP contribution in [0.3, 0.4) is 0 Å². The first-order valence-electron chi connectivity index (χ1n) is 12.6. The van der Waals surface area contributed by atoms with Crippen molar-refractivity contribution in [3.8, 4) is 11.5 Å². The zero-order valence-corrected chi connectivity index (χ0v) is 20.7. The summed E-state index contributed by atoms with van der Waals surface area (Å²) in [6, 6.07) is 7.31. The van der Waals surface area contributed by atoms with E-state index in [1.165, 1.54) is 6.08 Å². The number of carboxylic acid groups (broad SMARTS) is 1. The number of nitrogens with zero attached hydrogens (tertiary/aromatic N) is 2. The quantitative estimate of drug-likeness (QED) is 0.277. The van der Waals surface area contributed by atoms with E-state index < -0.39 is 12.1 Å². The van der Waals surface area contributed by atoms with Crippen LogP contribution in [0.1, 0.15) is 32.1 Å². The maximum atomic E-state index is 13.9. The highest BCUT2D eigenvalue weighted by Gasteiger charge is 2.41. The molecule has 1 aromatic rings. The number of carbonyl (C=O) groups is 2. The Morgan fingerprint density at radius 3 is 2.19 bits per heavy atom. The summed E-state index contributed by atoms with van der Waals surface area (Å²) in [6.45, 7) is 8.26. The SMILES string of the molecule is C=C(O)/C=C\CCC(F)CCOc1ccc(OCCN2CC3CN(C(=O)CCC(=O)O)CC3C2)cc1. The molecule has 0 bridgehead atoms. The van der Waals surface area contributed by atoms with Crippen molar-refractivity contribution in [2.45, 2.75) is 38.3 Å². The van der Waals surface area contributed by atoms with Crippen LogP contribution in [0.25, 0.3) is 0 Å². The number of aliphatic carboxylic acids is 1. The normalized spacial score (nSPS) is 20.4. The number of benzene rings is 1. The first kappa shape index (κ1) is 27.5. The highest BCUT2D eigenvalue weighted by molar-refractivity contribution is 5.81. The van der Waals surface area contributed by atoms with Gasteiger partial charge in [-0.2, -0.15) is 0 Å². The molecule has 198 valence electrons. The van der Waals surface area contributed by atoms with Gasteiger partial charge in [0, 0.05) is 45.6 Å². The molecule has 2 saturated heterocycles. The van der Waals surface area contributed by atoms with Crippen LogP contribution in [0.4, 0.5) is 4.39 Å². The Morgan fingerprint density at radius 2 is 1.61 bits per heavy atom. The molecule has 36 heavy (non-hydrogen) atoms. The van der Waals surface area contributed by atoms with Crippen molar-refractivity contribution < 1.29 is 33.7 Å². The molecule has 3 unspecified atom stereocenters. The van der Waals surface area contributed by atoms with Gasteiger partial charge in [-0.3, -0.25) is 14.5 Å². The summed E-state index contributed by atoms with van der Waals surface area (Å²) in [5.41, 5.74) is 0. The number of aliphatic hydroxyl groups excluding tert-OH is 1. The van der Waals surface area contributed by atoms with Gasteiger partial charge in [0.25, 0.3) is 0 Å². The van der Waals surface area contributed by atoms with Crippen LogP contribution in [0.2, 0.25) is 0 Å². The van der Waals surface area contributed by atoms with Crippen molar-refractivity contribution in [1.82, 2.24) is 9.80 Å². The molecular formula is C27H37FN2O6. The number of carbonyl (C=O) groups excluding carboxylic acids is 1. The van der Waals surface area contributed by atoms with E-state index in [0.717, 1.165) is 25.4 Å². The van der Waals surface area contributed by atoms with Crippen molar-refractivity contribution in [2.24, 2.45) is 11.8 Å². The fraction of sp³-hybridized carbons (Fsp3) is 0.556. The molecule has 0 saturated carbocycles. The number of ether oxygens (including phenoxy) is 2. The summed E-state index contributed by atoms with van der Waals surface area (Å²) in [5.74, 6) is 1.27. The molecule has 2 fully saturated rings. The lowest BCUT2D eigenvalue weighted by atomic mass is 10.0. The van der Waals surface area contributed by atoms with E-state index in [9.17, 15) is 14.0 Å². The van der Waals surface area contributed by atoms with E-state index in [2.05, 4.69) is 11.5 Å². The van der Waals surface area contributed by atoms with Crippen molar-refractivity contribution in [1.29, 1.82) is 0 Å². The van der Waals surface area contributed by atoms with Gasteiger partial charge in [-0.15, -0.1) is 0 Å². The number of halogens is 1. The average molecular weight is 505 g/mol. The topological polar surface area (TPSA) is 99.5 Å². The molecule has 1 aromatic carbocycles. The number of aliphatic hydroxyl groups is 1. The average Bonchev–Trinajstić information content (AvgIpc) is 3.40. The molecule has 2 aliphatic rings. The minimum Gasteiger partial charge on any atom is -0.509 e. The van der Waals surface area contributed by atoms with E-state index >= 15 is 0 Å². The number of hydrogen-bond acceptors (Lipinski definition) is 6.